The lowest BCUT2D eigenvalue weighted by molar-refractivity contribution is -0.276. The number of hydrogen-bond donors (Lipinski definition) is 0. The van der Waals surface area contributed by atoms with Gasteiger partial charge in [0.1, 0.15) is 5.75 Å². The van der Waals surface area contributed by atoms with Gasteiger partial charge in [-0.2, -0.15) is 17.6 Å². The fourth-order valence-corrected chi connectivity index (χ4v) is 1.36. The molecule has 0 aromatic carbocycles. The van der Waals surface area contributed by atoms with Crippen LogP contribution in [0.1, 0.15) is 11.3 Å². The number of alkyl halides is 7. The lowest BCUT2D eigenvalue weighted by Crippen LogP contribution is -2.22. The molecule has 0 saturated carbocycles. The van der Waals surface area contributed by atoms with E-state index in [1.165, 1.54) is 0 Å². The summed E-state index contributed by atoms with van der Waals surface area (Å²) in [6.07, 6.45) is -10.7. The van der Waals surface area contributed by atoms with Gasteiger partial charge < -0.3 is 4.74 Å². The minimum atomic E-state index is -5.36. The van der Waals surface area contributed by atoms with Gasteiger partial charge in [0, 0.05) is 11.4 Å². The van der Waals surface area contributed by atoms with Crippen molar-refractivity contribution in [2.24, 2.45) is 0 Å². The van der Waals surface area contributed by atoms with Crippen LogP contribution in [0, 0.1) is 5.95 Å². The first-order chi connectivity index (χ1) is 8.04. The van der Waals surface area contributed by atoms with E-state index in [9.17, 15) is 30.7 Å². The Morgan fingerprint density at radius 1 is 1.17 bits per heavy atom. The van der Waals surface area contributed by atoms with E-state index in [-0.39, 0.29) is 11.0 Å². The number of pyridine rings is 1. The second-order valence-electron chi connectivity index (χ2n) is 2.96. The molecule has 0 fully saturated rings. The summed E-state index contributed by atoms with van der Waals surface area (Å²) in [4.78, 5) is 2.87. The molecule has 0 radical (unpaired) electrons. The fraction of sp³-hybridized carbons (Fsp3) is 0.375. The van der Waals surface area contributed by atoms with Gasteiger partial charge in [-0.3, -0.25) is 0 Å². The highest BCUT2D eigenvalue weighted by Gasteiger charge is 2.42. The number of nitrogens with zero attached hydrogens (tertiary/aromatic N) is 1. The third-order valence-corrected chi connectivity index (χ3v) is 2.21. The first-order valence-corrected chi connectivity index (χ1v) is 5.25. The Hall–Kier alpha value is -1.06. The molecule has 102 valence electrons. The number of halogens is 8. The smallest absolute Gasteiger partial charge is 0.405 e. The first kappa shape index (κ1) is 15.0. The van der Waals surface area contributed by atoms with Crippen molar-refractivity contribution < 1.29 is 35.5 Å². The van der Waals surface area contributed by atoms with E-state index in [1.807, 2.05) is 0 Å². The Balaban J connectivity index is 3.39. The molecule has 0 saturated heterocycles. The quantitative estimate of drug-likeness (QED) is 0.460. The molecule has 0 bridgehead atoms. The Kier molecular flexibility index (Phi) is 4.08. The summed E-state index contributed by atoms with van der Waals surface area (Å²) in [5, 5.41) is -0.226. The molecule has 1 aromatic heterocycles. The molecule has 10 heteroatoms. The average Bonchev–Trinajstić information content (AvgIpc) is 2.11. The summed E-state index contributed by atoms with van der Waals surface area (Å²) in [5.41, 5.74) is -2.55. The summed E-state index contributed by atoms with van der Waals surface area (Å²) in [7, 11) is 0. The van der Waals surface area contributed by atoms with Crippen molar-refractivity contribution in [2.75, 3.05) is 0 Å². The second kappa shape index (κ2) is 4.90. The average molecular weight is 342 g/mol. The summed E-state index contributed by atoms with van der Waals surface area (Å²) >= 11 is 2.73. The molecule has 0 spiro atoms. The zero-order chi connectivity index (χ0) is 14.1. The first-order valence-electron chi connectivity index (χ1n) is 4.13. The Labute approximate surface area is 104 Å². The predicted molar refractivity (Wildman–Crippen MR) is 48.5 cm³/mol. The molecule has 2 nitrogen and oxygen atoms in total. The second-order valence-corrected chi connectivity index (χ2v) is 3.52. The van der Waals surface area contributed by atoms with Crippen molar-refractivity contribution in [1.29, 1.82) is 0 Å². The van der Waals surface area contributed by atoms with Crippen LogP contribution in [0.25, 0.3) is 0 Å². The van der Waals surface area contributed by atoms with Gasteiger partial charge in [0.15, 0.2) is 5.56 Å². The van der Waals surface area contributed by atoms with Gasteiger partial charge in [0.25, 0.3) is 0 Å². The summed E-state index contributed by atoms with van der Waals surface area (Å²) in [6, 6.07) is 0.369. The lowest BCUT2D eigenvalue weighted by Gasteiger charge is -2.16. The summed E-state index contributed by atoms with van der Waals surface area (Å²) in [5.74, 6) is -3.74. The normalized spacial score (nSPS) is 12.7. The Bertz CT molecular complexity index is 442. The van der Waals surface area contributed by atoms with Crippen LogP contribution in [0.3, 0.4) is 0 Å². The Morgan fingerprint density at radius 3 is 2.11 bits per heavy atom. The molecule has 0 aliphatic rings. The number of ether oxygens (including phenoxy) is 1. The van der Waals surface area contributed by atoms with Gasteiger partial charge in [0.05, 0.1) is 5.69 Å². The van der Waals surface area contributed by atoms with Crippen LogP contribution < -0.4 is 4.74 Å². The minimum absolute atomic E-state index is 0.226. The van der Waals surface area contributed by atoms with E-state index < -0.39 is 29.8 Å². The highest BCUT2D eigenvalue weighted by atomic mass is 79.9. The van der Waals surface area contributed by atoms with Crippen molar-refractivity contribution in [2.45, 2.75) is 17.9 Å². The van der Waals surface area contributed by atoms with E-state index >= 15 is 0 Å². The highest BCUT2D eigenvalue weighted by molar-refractivity contribution is 9.08. The largest absolute Gasteiger partial charge is 0.573 e. The van der Waals surface area contributed by atoms with Crippen LogP contribution >= 0.6 is 15.9 Å². The van der Waals surface area contributed by atoms with Crippen molar-refractivity contribution in [3.05, 3.63) is 23.3 Å². The van der Waals surface area contributed by atoms with Gasteiger partial charge in [-0.15, -0.1) is 13.2 Å². The van der Waals surface area contributed by atoms with E-state index in [4.69, 9.17) is 0 Å². The number of rotatable bonds is 2. The van der Waals surface area contributed by atoms with Crippen LogP contribution in [0.4, 0.5) is 30.7 Å². The maximum atomic E-state index is 13.1. The Morgan fingerprint density at radius 2 is 1.72 bits per heavy atom. The molecule has 0 atom stereocenters. The monoisotopic (exact) mass is 341 g/mol. The standard InChI is InChI=1S/C8H3BrF7NO/c9-2-3-1-4(18-8(14,15)16)5(6(10)17-3)7(11,12)13/h1H,2H2. The molecule has 0 aliphatic heterocycles. The molecule has 0 aliphatic carbocycles. The minimum Gasteiger partial charge on any atom is -0.405 e. The van der Waals surface area contributed by atoms with Crippen LogP contribution in [0.5, 0.6) is 5.75 Å². The van der Waals surface area contributed by atoms with Crippen LogP contribution in [0.2, 0.25) is 0 Å². The molecule has 18 heavy (non-hydrogen) atoms. The van der Waals surface area contributed by atoms with Crippen LogP contribution in [-0.4, -0.2) is 11.3 Å². The number of hydrogen-bond acceptors (Lipinski definition) is 2. The van der Waals surface area contributed by atoms with E-state index in [0.29, 0.717) is 6.07 Å². The van der Waals surface area contributed by atoms with Crippen molar-refractivity contribution in [3.8, 4) is 5.75 Å². The summed E-state index contributed by atoms with van der Waals surface area (Å²) < 4.78 is 89.2. The maximum Gasteiger partial charge on any atom is 0.573 e. The predicted octanol–water partition coefficient (Wildman–Crippen LogP) is 4.03. The van der Waals surface area contributed by atoms with Crippen molar-refractivity contribution in [1.82, 2.24) is 4.98 Å². The van der Waals surface area contributed by atoms with Gasteiger partial charge >= 0.3 is 12.5 Å². The molecule has 1 rings (SSSR count). The molecule has 1 aromatic rings. The molecule has 0 amide bonds. The van der Waals surface area contributed by atoms with Gasteiger partial charge in [-0.25, -0.2) is 4.98 Å². The van der Waals surface area contributed by atoms with E-state index in [2.05, 4.69) is 25.7 Å². The fourth-order valence-electron chi connectivity index (χ4n) is 1.07. The highest BCUT2D eigenvalue weighted by Crippen LogP contribution is 2.40. The topological polar surface area (TPSA) is 22.1 Å². The van der Waals surface area contributed by atoms with Crippen LogP contribution in [0.15, 0.2) is 6.07 Å². The lowest BCUT2D eigenvalue weighted by atomic mass is 10.2. The third-order valence-electron chi connectivity index (χ3n) is 1.64. The van der Waals surface area contributed by atoms with Gasteiger partial charge in [-0.1, -0.05) is 15.9 Å². The third kappa shape index (κ3) is 3.72. The van der Waals surface area contributed by atoms with Gasteiger partial charge in [-0.05, 0) is 0 Å². The van der Waals surface area contributed by atoms with Crippen molar-refractivity contribution >= 4 is 15.9 Å². The number of aromatic nitrogens is 1. The van der Waals surface area contributed by atoms with Gasteiger partial charge in [0.2, 0.25) is 5.95 Å². The SMILES string of the molecule is Fc1nc(CBr)cc(OC(F)(F)F)c1C(F)(F)F. The molecule has 0 unspecified atom stereocenters. The van der Waals surface area contributed by atoms with Crippen LogP contribution in [-0.2, 0) is 11.5 Å². The zero-order valence-electron chi connectivity index (χ0n) is 8.16. The maximum absolute atomic E-state index is 13.1. The summed E-state index contributed by atoms with van der Waals surface area (Å²) in [6.45, 7) is 0. The van der Waals surface area contributed by atoms with E-state index in [1.54, 1.807) is 0 Å². The van der Waals surface area contributed by atoms with E-state index in [0.717, 1.165) is 0 Å². The molecular formula is C8H3BrF7NO. The van der Waals surface area contributed by atoms with Crippen molar-refractivity contribution in [3.63, 3.8) is 0 Å². The molecule has 0 N–H and O–H groups in total. The molecule has 1 heterocycles. The molecular weight excluding hydrogens is 339 g/mol. The zero-order valence-corrected chi connectivity index (χ0v) is 9.75.